The van der Waals surface area contributed by atoms with Gasteiger partial charge in [0.15, 0.2) is 0 Å². The van der Waals surface area contributed by atoms with E-state index in [2.05, 4.69) is 15.4 Å². The van der Waals surface area contributed by atoms with Crippen molar-refractivity contribution in [1.82, 2.24) is 0 Å². The maximum absolute atomic E-state index is 13.0. The minimum absolute atomic E-state index is 0.223. The summed E-state index contributed by atoms with van der Waals surface area (Å²) in [4.78, 5) is 37.2. The average Bonchev–Trinajstić information content (AvgIpc) is 2.85. The summed E-state index contributed by atoms with van der Waals surface area (Å²) in [6.07, 6.45) is 5.97. The highest BCUT2D eigenvalue weighted by Crippen LogP contribution is 2.25. The highest BCUT2D eigenvalue weighted by atomic mass is 16.5. The summed E-state index contributed by atoms with van der Waals surface area (Å²) in [5.74, 6) is -0.283. The van der Waals surface area contributed by atoms with Gasteiger partial charge in [0, 0.05) is 12.0 Å². The molecule has 2 aromatic rings. The first-order valence-corrected chi connectivity index (χ1v) is 11.3. The fourth-order valence-corrected chi connectivity index (χ4v) is 3.60. The van der Waals surface area contributed by atoms with Gasteiger partial charge in [-0.1, -0.05) is 37.1 Å². The Hall–Kier alpha value is -3.65. The van der Waals surface area contributed by atoms with Gasteiger partial charge in [-0.3, -0.25) is 14.4 Å². The second kappa shape index (κ2) is 12.6. The fraction of sp³-hybridized carbons (Fsp3) is 0.346. The number of fused-ring (bicyclic) bond motifs is 3. The van der Waals surface area contributed by atoms with Crippen LogP contribution in [-0.4, -0.2) is 44.7 Å². The smallest absolute Gasteiger partial charge is 0.305 e. The number of ether oxygens (including phenoxy) is 3. The van der Waals surface area contributed by atoms with Gasteiger partial charge in [-0.2, -0.15) is 0 Å². The minimum atomic E-state index is -0.685. The molecule has 0 radical (unpaired) electrons. The highest BCUT2D eigenvalue weighted by molar-refractivity contribution is 6.08. The number of para-hydroxylation sites is 2. The number of unbranched alkanes of at least 4 members (excludes halogenated alkanes) is 2. The molecule has 0 aliphatic carbocycles. The van der Waals surface area contributed by atoms with Gasteiger partial charge in [-0.05, 0) is 48.7 Å². The van der Waals surface area contributed by atoms with E-state index in [1.165, 1.54) is 7.11 Å². The third-order valence-corrected chi connectivity index (χ3v) is 5.43. The first-order valence-electron chi connectivity index (χ1n) is 11.3. The molecule has 2 bridgehead atoms. The number of carbonyl (C=O) groups is 3. The molecule has 2 amide bonds. The van der Waals surface area contributed by atoms with Gasteiger partial charge in [-0.25, -0.2) is 0 Å². The molecule has 1 aliphatic heterocycles. The second-order valence-electron chi connectivity index (χ2n) is 7.88. The van der Waals surface area contributed by atoms with Crippen LogP contribution < -0.4 is 15.4 Å². The van der Waals surface area contributed by atoms with E-state index in [9.17, 15) is 14.4 Å². The molecule has 180 valence electrons. The van der Waals surface area contributed by atoms with Crippen molar-refractivity contribution in [3.63, 3.8) is 0 Å². The Labute approximate surface area is 199 Å². The van der Waals surface area contributed by atoms with Gasteiger partial charge in [0.25, 0.3) is 11.8 Å². The number of methoxy groups -OCH3 is 2. The number of amides is 2. The molecule has 0 fully saturated rings. The number of carbonyl (C=O) groups excluding carboxylic acids is 3. The zero-order valence-electron chi connectivity index (χ0n) is 19.5. The molecule has 0 aromatic heterocycles. The molecule has 34 heavy (non-hydrogen) atoms. The van der Waals surface area contributed by atoms with Crippen molar-refractivity contribution in [3.8, 4) is 5.75 Å². The average molecular weight is 467 g/mol. The van der Waals surface area contributed by atoms with Gasteiger partial charge in [0.05, 0.1) is 32.2 Å². The summed E-state index contributed by atoms with van der Waals surface area (Å²) in [6.45, 7) is 0.223. The Morgan fingerprint density at radius 1 is 1.03 bits per heavy atom. The molecule has 1 heterocycles. The zero-order chi connectivity index (χ0) is 24.3. The van der Waals surface area contributed by atoms with Crippen molar-refractivity contribution in [1.29, 1.82) is 0 Å². The van der Waals surface area contributed by atoms with Gasteiger partial charge in [-0.15, -0.1) is 0 Å². The molecule has 0 spiro atoms. The number of nitrogens with one attached hydrogen (secondary N) is 2. The summed E-state index contributed by atoms with van der Waals surface area (Å²) in [5.41, 5.74) is 2.18. The van der Waals surface area contributed by atoms with Crippen LogP contribution in [0.3, 0.4) is 0 Å². The van der Waals surface area contributed by atoms with Crippen LogP contribution in [0.2, 0.25) is 0 Å². The first kappa shape index (κ1) is 25.0. The summed E-state index contributed by atoms with van der Waals surface area (Å²) in [7, 11) is 2.92. The van der Waals surface area contributed by atoms with E-state index in [-0.39, 0.29) is 24.4 Å². The Bertz CT molecular complexity index is 1050. The third kappa shape index (κ3) is 7.18. The van der Waals surface area contributed by atoms with E-state index >= 15 is 0 Å². The van der Waals surface area contributed by atoms with Crippen LogP contribution in [0.1, 0.15) is 48.0 Å². The lowest BCUT2D eigenvalue weighted by Gasteiger charge is -2.19. The normalized spacial score (nSPS) is 16.9. The Morgan fingerprint density at radius 3 is 2.53 bits per heavy atom. The summed E-state index contributed by atoms with van der Waals surface area (Å²) >= 11 is 0. The lowest BCUT2D eigenvalue weighted by atomic mass is 10.1. The predicted octanol–water partition coefficient (Wildman–Crippen LogP) is 4.42. The molecule has 0 unspecified atom stereocenters. The van der Waals surface area contributed by atoms with Crippen LogP contribution in [0.15, 0.2) is 48.5 Å². The van der Waals surface area contributed by atoms with Crippen molar-refractivity contribution in [2.75, 3.05) is 31.5 Å². The van der Waals surface area contributed by atoms with E-state index < -0.39 is 6.10 Å². The molecule has 3 rings (SSSR count). The van der Waals surface area contributed by atoms with Crippen molar-refractivity contribution in [2.45, 2.75) is 38.2 Å². The molecule has 1 atom stereocenters. The van der Waals surface area contributed by atoms with E-state index in [1.807, 2.05) is 12.1 Å². The third-order valence-electron chi connectivity index (χ3n) is 5.43. The predicted molar refractivity (Wildman–Crippen MR) is 130 cm³/mol. The quantitative estimate of drug-likeness (QED) is 0.463. The molecule has 1 aliphatic rings. The SMILES string of the molecule is COC(=O)CCCCC[C@@H]1OC/C=C\c2cc(OC)cc(c2)C(=O)Nc2ccccc2NC1=O. The number of anilines is 2. The van der Waals surface area contributed by atoms with Crippen LogP contribution in [-0.2, 0) is 19.1 Å². The van der Waals surface area contributed by atoms with Crippen LogP contribution in [0.25, 0.3) is 6.08 Å². The van der Waals surface area contributed by atoms with Gasteiger partial charge in [0.1, 0.15) is 11.9 Å². The van der Waals surface area contributed by atoms with Gasteiger partial charge < -0.3 is 24.8 Å². The summed E-state index contributed by atoms with van der Waals surface area (Å²) < 4.78 is 15.9. The van der Waals surface area contributed by atoms with E-state index in [0.29, 0.717) is 42.0 Å². The Balaban J connectivity index is 1.80. The van der Waals surface area contributed by atoms with Crippen LogP contribution in [0, 0.1) is 0 Å². The van der Waals surface area contributed by atoms with Gasteiger partial charge in [0.2, 0.25) is 0 Å². The Morgan fingerprint density at radius 2 is 1.79 bits per heavy atom. The van der Waals surface area contributed by atoms with E-state index in [0.717, 1.165) is 18.4 Å². The number of benzene rings is 2. The molecule has 8 heteroatoms. The Kier molecular flexibility index (Phi) is 9.22. The molecular weight excluding hydrogens is 436 g/mol. The lowest BCUT2D eigenvalue weighted by Crippen LogP contribution is -2.31. The molecule has 2 aromatic carbocycles. The number of hydrogen-bond donors (Lipinski definition) is 2. The molecule has 0 saturated heterocycles. The lowest BCUT2D eigenvalue weighted by molar-refractivity contribution is -0.140. The summed E-state index contributed by atoms with van der Waals surface area (Å²) in [6, 6.07) is 12.3. The maximum atomic E-state index is 13.0. The van der Waals surface area contributed by atoms with Gasteiger partial charge >= 0.3 is 5.97 Å². The minimum Gasteiger partial charge on any atom is -0.497 e. The molecule has 2 N–H and O–H groups in total. The standard InChI is InChI=1S/C26H30N2O6/c1-32-20-16-18-9-8-14-34-23(12-4-3-5-13-24(29)33-2)26(31)28-22-11-7-6-10-21(22)27-25(30)19(15-18)17-20/h6-11,15-17,23H,3-5,12-14H2,1-2H3,(H,27,30)(H,28,31)/b9-8-/t23-/m0/s1. The maximum Gasteiger partial charge on any atom is 0.305 e. The number of rotatable bonds is 7. The largest absolute Gasteiger partial charge is 0.497 e. The fourth-order valence-electron chi connectivity index (χ4n) is 3.60. The zero-order valence-corrected chi connectivity index (χ0v) is 19.5. The second-order valence-corrected chi connectivity index (χ2v) is 7.88. The topological polar surface area (TPSA) is 103 Å². The van der Waals surface area contributed by atoms with Crippen molar-refractivity contribution >= 4 is 35.2 Å². The first-order chi connectivity index (χ1) is 16.5. The van der Waals surface area contributed by atoms with Crippen LogP contribution >= 0.6 is 0 Å². The monoisotopic (exact) mass is 466 g/mol. The van der Waals surface area contributed by atoms with E-state index in [1.54, 1.807) is 49.6 Å². The highest BCUT2D eigenvalue weighted by Gasteiger charge is 2.21. The van der Waals surface area contributed by atoms with Crippen LogP contribution in [0.4, 0.5) is 11.4 Å². The molecular formula is C26H30N2O6. The van der Waals surface area contributed by atoms with Crippen molar-refractivity contribution in [3.05, 3.63) is 59.7 Å². The van der Waals surface area contributed by atoms with Crippen molar-refractivity contribution < 1.29 is 28.6 Å². The van der Waals surface area contributed by atoms with Crippen molar-refractivity contribution in [2.24, 2.45) is 0 Å². The molecule has 0 saturated carbocycles. The summed E-state index contributed by atoms with van der Waals surface area (Å²) in [5, 5.41) is 5.75. The molecule has 8 nitrogen and oxygen atoms in total. The number of hydrogen-bond acceptors (Lipinski definition) is 6. The van der Waals surface area contributed by atoms with Crippen LogP contribution in [0.5, 0.6) is 5.75 Å². The van der Waals surface area contributed by atoms with E-state index in [4.69, 9.17) is 9.47 Å². The number of esters is 1.